The molecule has 1 rings (SSSR count). The van der Waals surface area contributed by atoms with Gasteiger partial charge in [-0.25, -0.2) is 0 Å². The van der Waals surface area contributed by atoms with Gasteiger partial charge in [0, 0.05) is 0 Å². The van der Waals surface area contributed by atoms with Crippen molar-refractivity contribution in [2.45, 2.75) is 25.9 Å². The summed E-state index contributed by atoms with van der Waals surface area (Å²) in [6, 6.07) is 0. The van der Waals surface area contributed by atoms with Gasteiger partial charge in [-0.3, -0.25) is 0 Å². The van der Waals surface area contributed by atoms with Gasteiger partial charge in [0.05, 0.1) is 5.69 Å². The number of aliphatic hydroxyl groups excluding tert-OH is 1. The van der Waals surface area contributed by atoms with Gasteiger partial charge in [0.25, 0.3) is 0 Å². The van der Waals surface area contributed by atoms with Gasteiger partial charge >= 0.3 is 0 Å². The summed E-state index contributed by atoms with van der Waals surface area (Å²) < 4.78 is 0. The van der Waals surface area contributed by atoms with Crippen molar-refractivity contribution in [3.05, 3.63) is 11.4 Å². The number of aliphatic hydroxyl groups is 1. The van der Waals surface area contributed by atoms with E-state index in [1.54, 1.807) is 0 Å². The van der Waals surface area contributed by atoms with E-state index in [4.69, 9.17) is 5.73 Å². The summed E-state index contributed by atoms with van der Waals surface area (Å²) in [6.45, 7) is 2.42. The van der Waals surface area contributed by atoms with Crippen LogP contribution in [0.1, 0.15) is 30.8 Å². The first kappa shape index (κ1) is 9.15. The monoisotopic (exact) mass is 170 g/mol. The molecule has 0 aliphatic heterocycles. The van der Waals surface area contributed by atoms with E-state index < -0.39 is 6.10 Å². The van der Waals surface area contributed by atoms with Crippen LogP contribution in [0.25, 0.3) is 0 Å². The molecule has 5 nitrogen and oxygen atoms in total. The lowest BCUT2D eigenvalue weighted by Gasteiger charge is -2.05. The van der Waals surface area contributed by atoms with E-state index in [-0.39, 0.29) is 0 Å². The Bertz CT molecular complexity index is 235. The minimum atomic E-state index is -0.580. The maximum absolute atomic E-state index is 9.52. The zero-order chi connectivity index (χ0) is 8.97. The van der Waals surface area contributed by atoms with Gasteiger partial charge in [0.2, 0.25) is 0 Å². The molecule has 4 N–H and O–H groups in total. The van der Waals surface area contributed by atoms with Gasteiger partial charge in [-0.1, -0.05) is 6.92 Å². The number of aromatic nitrogens is 3. The Hall–Kier alpha value is -0.940. The van der Waals surface area contributed by atoms with E-state index in [1.165, 1.54) is 0 Å². The highest BCUT2D eigenvalue weighted by molar-refractivity contribution is 5.11. The number of rotatable bonds is 4. The van der Waals surface area contributed by atoms with Crippen LogP contribution in [0.4, 0.5) is 0 Å². The standard InChI is InChI=1S/C7H14N4O/c1-2-5-7(10-11-9-5)6(12)3-4-8/h6,12H,2-4,8H2,1H3,(H,9,10,11). The minimum Gasteiger partial charge on any atom is -0.387 e. The van der Waals surface area contributed by atoms with Crippen LogP contribution in [-0.2, 0) is 6.42 Å². The van der Waals surface area contributed by atoms with Crippen LogP contribution in [-0.4, -0.2) is 27.1 Å². The summed E-state index contributed by atoms with van der Waals surface area (Å²) in [7, 11) is 0. The van der Waals surface area contributed by atoms with Gasteiger partial charge in [0.15, 0.2) is 0 Å². The molecule has 0 radical (unpaired) electrons. The SMILES string of the molecule is CCc1n[nH]nc1C(O)CCN. The third-order valence-electron chi connectivity index (χ3n) is 1.74. The first-order valence-electron chi connectivity index (χ1n) is 4.07. The molecule has 12 heavy (non-hydrogen) atoms. The molecule has 5 heteroatoms. The fourth-order valence-electron chi connectivity index (χ4n) is 1.08. The first-order valence-corrected chi connectivity index (χ1v) is 4.07. The second kappa shape index (κ2) is 4.18. The maximum Gasteiger partial charge on any atom is 0.114 e. The highest BCUT2D eigenvalue weighted by atomic mass is 16.3. The molecule has 0 spiro atoms. The molecule has 0 saturated carbocycles. The second-order valence-electron chi connectivity index (χ2n) is 2.60. The van der Waals surface area contributed by atoms with Gasteiger partial charge in [-0.2, -0.15) is 15.4 Å². The molecule has 1 aromatic rings. The summed E-state index contributed by atoms with van der Waals surface area (Å²) in [5, 5.41) is 19.8. The van der Waals surface area contributed by atoms with Crippen molar-refractivity contribution in [2.24, 2.45) is 5.73 Å². The molecular formula is C7H14N4O. The number of hydrogen-bond acceptors (Lipinski definition) is 4. The van der Waals surface area contributed by atoms with Crippen molar-refractivity contribution in [1.82, 2.24) is 15.4 Å². The summed E-state index contributed by atoms with van der Waals surface area (Å²) in [4.78, 5) is 0. The van der Waals surface area contributed by atoms with E-state index >= 15 is 0 Å². The van der Waals surface area contributed by atoms with Crippen LogP contribution in [0, 0.1) is 0 Å². The van der Waals surface area contributed by atoms with Crippen molar-refractivity contribution >= 4 is 0 Å². The van der Waals surface area contributed by atoms with Crippen LogP contribution in [0.5, 0.6) is 0 Å². The smallest absolute Gasteiger partial charge is 0.114 e. The third kappa shape index (κ3) is 1.80. The zero-order valence-corrected chi connectivity index (χ0v) is 7.12. The molecule has 1 aromatic heterocycles. The van der Waals surface area contributed by atoms with Crippen LogP contribution in [0.2, 0.25) is 0 Å². The van der Waals surface area contributed by atoms with Crippen LogP contribution >= 0.6 is 0 Å². The van der Waals surface area contributed by atoms with Crippen molar-refractivity contribution in [3.8, 4) is 0 Å². The lowest BCUT2D eigenvalue weighted by atomic mass is 10.1. The van der Waals surface area contributed by atoms with Crippen molar-refractivity contribution in [3.63, 3.8) is 0 Å². The van der Waals surface area contributed by atoms with Crippen molar-refractivity contribution in [1.29, 1.82) is 0 Å². The lowest BCUT2D eigenvalue weighted by Crippen LogP contribution is -2.08. The number of aromatic amines is 1. The Morgan fingerprint density at radius 1 is 1.58 bits per heavy atom. The summed E-state index contributed by atoms with van der Waals surface area (Å²) in [5.74, 6) is 0. The fraction of sp³-hybridized carbons (Fsp3) is 0.714. The fourth-order valence-corrected chi connectivity index (χ4v) is 1.08. The van der Waals surface area contributed by atoms with Crippen molar-refractivity contribution < 1.29 is 5.11 Å². The number of nitrogens with one attached hydrogen (secondary N) is 1. The van der Waals surface area contributed by atoms with E-state index in [0.717, 1.165) is 12.1 Å². The quantitative estimate of drug-likeness (QED) is 0.581. The molecular weight excluding hydrogens is 156 g/mol. The van der Waals surface area contributed by atoms with E-state index in [1.807, 2.05) is 6.92 Å². The molecule has 0 saturated heterocycles. The number of hydrogen-bond donors (Lipinski definition) is 3. The van der Waals surface area contributed by atoms with Crippen LogP contribution in [0.15, 0.2) is 0 Å². The predicted molar refractivity (Wildman–Crippen MR) is 44.4 cm³/mol. The largest absolute Gasteiger partial charge is 0.387 e. The molecule has 1 heterocycles. The van der Waals surface area contributed by atoms with Gasteiger partial charge in [-0.15, -0.1) is 0 Å². The normalized spacial score (nSPS) is 13.2. The molecule has 0 aliphatic rings. The molecule has 0 aliphatic carbocycles. The predicted octanol–water partition coefficient (Wildman–Crippen LogP) is -0.251. The Morgan fingerprint density at radius 2 is 2.33 bits per heavy atom. The summed E-state index contributed by atoms with van der Waals surface area (Å²) in [5.41, 5.74) is 6.75. The average molecular weight is 170 g/mol. The number of H-pyrrole nitrogens is 1. The Balaban J connectivity index is 2.71. The van der Waals surface area contributed by atoms with Crippen molar-refractivity contribution in [2.75, 3.05) is 6.54 Å². The molecule has 0 aromatic carbocycles. The third-order valence-corrected chi connectivity index (χ3v) is 1.74. The maximum atomic E-state index is 9.52. The number of nitrogens with two attached hydrogens (primary N) is 1. The first-order chi connectivity index (χ1) is 5.79. The number of nitrogens with zero attached hydrogens (tertiary/aromatic N) is 2. The van der Waals surface area contributed by atoms with E-state index in [9.17, 15) is 5.11 Å². The van der Waals surface area contributed by atoms with E-state index in [2.05, 4.69) is 15.4 Å². The molecule has 1 atom stereocenters. The average Bonchev–Trinajstić information content (AvgIpc) is 2.51. The van der Waals surface area contributed by atoms with Gasteiger partial charge in [-0.05, 0) is 19.4 Å². The summed E-state index contributed by atoms with van der Waals surface area (Å²) in [6.07, 6.45) is 0.719. The molecule has 0 amide bonds. The second-order valence-corrected chi connectivity index (χ2v) is 2.60. The lowest BCUT2D eigenvalue weighted by molar-refractivity contribution is 0.164. The molecule has 68 valence electrons. The molecule has 0 bridgehead atoms. The van der Waals surface area contributed by atoms with Crippen LogP contribution < -0.4 is 5.73 Å². The highest BCUT2D eigenvalue weighted by Crippen LogP contribution is 2.15. The topological polar surface area (TPSA) is 87.8 Å². The minimum absolute atomic E-state index is 0.456. The van der Waals surface area contributed by atoms with E-state index in [0.29, 0.717) is 18.7 Å². The molecule has 1 unspecified atom stereocenters. The van der Waals surface area contributed by atoms with Crippen LogP contribution in [0.3, 0.4) is 0 Å². The molecule has 0 fully saturated rings. The Morgan fingerprint density at radius 3 is 2.92 bits per heavy atom. The van der Waals surface area contributed by atoms with Gasteiger partial charge < -0.3 is 10.8 Å². The zero-order valence-electron chi connectivity index (χ0n) is 7.12. The Labute approximate surface area is 71.0 Å². The number of aryl methyl sites for hydroxylation is 1. The Kier molecular flexibility index (Phi) is 3.19. The summed E-state index contributed by atoms with van der Waals surface area (Å²) >= 11 is 0. The van der Waals surface area contributed by atoms with Gasteiger partial charge in [0.1, 0.15) is 11.8 Å². The highest BCUT2D eigenvalue weighted by Gasteiger charge is 2.14.